The number of aromatic amines is 1. The molecule has 0 aliphatic carbocycles. The van der Waals surface area contributed by atoms with Crippen LogP contribution in [0.3, 0.4) is 0 Å². The molecule has 4 rings (SSSR count). The van der Waals surface area contributed by atoms with Gasteiger partial charge in [0.15, 0.2) is 5.65 Å². The zero-order valence-electron chi connectivity index (χ0n) is 18.5. The molecule has 8 nitrogen and oxygen atoms in total. The summed E-state index contributed by atoms with van der Waals surface area (Å²) < 4.78 is 11.4. The highest BCUT2D eigenvalue weighted by molar-refractivity contribution is 6.31. The second-order valence-corrected chi connectivity index (χ2v) is 9.39. The van der Waals surface area contributed by atoms with Gasteiger partial charge in [0.1, 0.15) is 5.60 Å². The molecule has 1 atom stereocenters. The van der Waals surface area contributed by atoms with Crippen LogP contribution in [0.1, 0.15) is 32.0 Å². The largest absolute Gasteiger partial charge is 0.444 e. The van der Waals surface area contributed by atoms with Gasteiger partial charge in [0.05, 0.1) is 35.8 Å². The number of hydrogen-bond acceptors (Lipinski definition) is 6. The number of halogens is 1. The second-order valence-electron chi connectivity index (χ2n) is 8.95. The van der Waals surface area contributed by atoms with Crippen LogP contribution in [-0.4, -0.2) is 64.1 Å². The Morgan fingerprint density at radius 2 is 2.16 bits per heavy atom. The molecule has 9 heteroatoms. The van der Waals surface area contributed by atoms with Gasteiger partial charge < -0.3 is 19.7 Å². The van der Waals surface area contributed by atoms with Gasteiger partial charge in [-0.2, -0.15) is 5.10 Å². The fraction of sp³-hybridized carbons (Fsp3) is 0.500. The van der Waals surface area contributed by atoms with E-state index in [2.05, 4.69) is 15.5 Å². The minimum atomic E-state index is -0.527. The number of nitrogens with one attached hydrogen (secondary N) is 2. The molecule has 1 unspecified atom stereocenters. The van der Waals surface area contributed by atoms with E-state index in [4.69, 9.17) is 26.1 Å². The molecule has 2 aromatic heterocycles. The highest BCUT2D eigenvalue weighted by Crippen LogP contribution is 2.35. The number of carbonyl (C=O) groups excluding carboxylic acids is 1. The van der Waals surface area contributed by atoms with E-state index in [9.17, 15) is 4.79 Å². The maximum absolute atomic E-state index is 12.5. The third-order valence-corrected chi connectivity index (χ3v) is 5.45. The van der Waals surface area contributed by atoms with Crippen molar-refractivity contribution < 1.29 is 14.3 Å². The molecule has 3 aromatic rings. The van der Waals surface area contributed by atoms with Crippen LogP contribution >= 0.6 is 11.6 Å². The van der Waals surface area contributed by atoms with Crippen LogP contribution < -0.4 is 5.32 Å². The number of aryl methyl sites for hydroxylation is 2. The normalized spacial score (nSPS) is 17.4. The number of nitrogens with zero attached hydrogens (tertiary/aromatic N) is 3. The monoisotopic (exact) mass is 445 g/mol. The van der Waals surface area contributed by atoms with Crippen LogP contribution in [-0.2, 0) is 9.47 Å². The number of ether oxygens (including phenoxy) is 2. The lowest BCUT2D eigenvalue weighted by molar-refractivity contribution is -0.0371. The second kappa shape index (κ2) is 8.16. The Hall–Kier alpha value is -2.58. The van der Waals surface area contributed by atoms with Crippen molar-refractivity contribution in [2.24, 2.45) is 0 Å². The lowest BCUT2D eigenvalue weighted by Crippen LogP contribution is -2.49. The molecular weight excluding hydrogens is 418 g/mol. The lowest BCUT2D eigenvalue weighted by Gasteiger charge is -2.34. The molecule has 0 spiro atoms. The van der Waals surface area contributed by atoms with Gasteiger partial charge in [0.2, 0.25) is 0 Å². The average Bonchev–Trinajstić information content (AvgIpc) is 3.05. The van der Waals surface area contributed by atoms with Crippen LogP contribution in [0, 0.1) is 13.8 Å². The van der Waals surface area contributed by atoms with Gasteiger partial charge in [-0.25, -0.2) is 9.78 Å². The van der Waals surface area contributed by atoms with Crippen LogP contribution in [0.2, 0.25) is 5.02 Å². The maximum atomic E-state index is 12.5. The molecule has 31 heavy (non-hydrogen) atoms. The molecule has 166 valence electrons. The fourth-order valence-corrected chi connectivity index (χ4v) is 4.12. The number of hydrogen-bond donors (Lipinski definition) is 2. The maximum Gasteiger partial charge on any atom is 0.410 e. The Morgan fingerprint density at radius 1 is 1.39 bits per heavy atom. The topological polar surface area (TPSA) is 92.4 Å². The Balaban J connectivity index is 1.59. The van der Waals surface area contributed by atoms with Gasteiger partial charge in [-0.3, -0.25) is 5.10 Å². The van der Waals surface area contributed by atoms with Gasteiger partial charge in [-0.15, -0.1) is 0 Å². The molecule has 3 heterocycles. The number of pyridine rings is 1. The van der Waals surface area contributed by atoms with Crippen molar-refractivity contribution in [3.8, 4) is 0 Å². The van der Waals surface area contributed by atoms with E-state index in [-0.39, 0.29) is 12.2 Å². The standard InChI is InChI=1S/C22H28ClN5O3/c1-12-8-14(23)9-16-18(12)25-20-17(13(2)26-27-20)19(16)24-10-15-11-28(6-7-30-15)21(29)31-22(3,4)5/h8-9,15H,6-7,10-11H2,1-5H3,(H2,24,25,26,27). The Bertz CT molecular complexity index is 1140. The summed E-state index contributed by atoms with van der Waals surface area (Å²) in [6, 6.07) is 3.81. The highest BCUT2D eigenvalue weighted by Gasteiger charge is 2.28. The number of fused-ring (bicyclic) bond motifs is 2. The van der Waals surface area contributed by atoms with E-state index in [0.717, 1.165) is 33.2 Å². The average molecular weight is 446 g/mol. The highest BCUT2D eigenvalue weighted by atomic mass is 35.5. The van der Waals surface area contributed by atoms with E-state index < -0.39 is 5.60 Å². The van der Waals surface area contributed by atoms with Crippen LogP contribution in [0.4, 0.5) is 10.5 Å². The van der Waals surface area contributed by atoms with Crippen molar-refractivity contribution in [3.63, 3.8) is 0 Å². The van der Waals surface area contributed by atoms with Crippen molar-refractivity contribution >= 4 is 45.3 Å². The molecular formula is C22H28ClN5O3. The molecule has 0 radical (unpaired) electrons. The van der Waals surface area contributed by atoms with E-state index in [1.807, 2.05) is 46.8 Å². The number of amides is 1. The summed E-state index contributed by atoms with van der Waals surface area (Å²) >= 11 is 6.35. The Morgan fingerprint density at radius 3 is 2.90 bits per heavy atom. The van der Waals surface area contributed by atoms with Crippen molar-refractivity contribution in [3.05, 3.63) is 28.4 Å². The van der Waals surface area contributed by atoms with Gasteiger partial charge in [0, 0.05) is 29.2 Å². The zero-order chi connectivity index (χ0) is 22.3. The summed E-state index contributed by atoms with van der Waals surface area (Å²) in [5.41, 5.74) is 3.79. The number of aromatic nitrogens is 3. The molecule has 0 bridgehead atoms. The third kappa shape index (κ3) is 4.55. The smallest absolute Gasteiger partial charge is 0.410 e. The van der Waals surface area contributed by atoms with Crippen molar-refractivity contribution in [1.82, 2.24) is 20.1 Å². The molecule has 0 saturated carbocycles. The zero-order valence-corrected chi connectivity index (χ0v) is 19.3. The SMILES string of the molecule is Cc1cc(Cl)cc2c(NCC3CN(C(=O)OC(C)(C)C)CCO3)c3c(C)[nH]nc3nc12. The molecule has 1 aliphatic rings. The number of benzene rings is 1. The number of carbonyl (C=O) groups is 1. The van der Waals surface area contributed by atoms with Crippen molar-refractivity contribution in [2.45, 2.75) is 46.3 Å². The first-order chi connectivity index (χ1) is 14.6. The van der Waals surface area contributed by atoms with Crippen LogP contribution in [0.5, 0.6) is 0 Å². The molecule has 1 fully saturated rings. The summed E-state index contributed by atoms with van der Waals surface area (Å²) in [6.07, 6.45) is -0.488. The number of morpholine rings is 1. The van der Waals surface area contributed by atoms with E-state index in [1.165, 1.54) is 0 Å². The van der Waals surface area contributed by atoms with Crippen molar-refractivity contribution in [1.29, 1.82) is 0 Å². The predicted octanol–water partition coefficient (Wildman–Crippen LogP) is 4.43. The first-order valence-electron chi connectivity index (χ1n) is 10.4. The van der Waals surface area contributed by atoms with Crippen LogP contribution in [0.15, 0.2) is 12.1 Å². The Labute approximate surface area is 186 Å². The Kier molecular flexibility index (Phi) is 5.70. The van der Waals surface area contributed by atoms with Gasteiger partial charge >= 0.3 is 6.09 Å². The number of rotatable bonds is 3. The molecule has 1 aliphatic heterocycles. The van der Waals surface area contributed by atoms with Gasteiger partial charge in [-0.1, -0.05) is 11.6 Å². The minimum Gasteiger partial charge on any atom is -0.444 e. The van der Waals surface area contributed by atoms with Gasteiger partial charge in [-0.05, 0) is 52.3 Å². The number of anilines is 1. The first-order valence-corrected chi connectivity index (χ1v) is 10.8. The summed E-state index contributed by atoms with van der Waals surface area (Å²) in [7, 11) is 0. The third-order valence-electron chi connectivity index (χ3n) is 5.23. The molecule has 1 aromatic carbocycles. The quantitative estimate of drug-likeness (QED) is 0.619. The first kappa shape index (κ1) is 21.6. The van der Waals surface area contributed by atoms with Crippen LogP contribution in [0.25, 0.3) is 21.9 Å². The summed E-state index contributed by atoms with van der Waals surface area (Å²) in [6.45, 7) is 11.5. The lowest BCUT2D eigenvalue weighted by atomic mass is 10.1. The van der Waals surface area contributed by atoms with E-state index >= 15 is 0 Å². The summed E-state index contributed by atoms with van der Waals surface area (Å²) in [4.78, 5) is 18.9. The minimum absolute atomic E-state index is 0.174. The van der Waals surface area contributed by atoms with E-state index in [0.29, 0.717) is 36.9 Å². The van der Waals surface area contributed by atoms with Gasteiger partial charge in [0.25, 0.3) is 0 Å². The molecule has 2 N–H and O–H groups in total. The van der Waals surface area contributed by atoms with Crippen molar-refractivity contribution in [2.75, 3.05) is 31.6 Å². The molecule has 1 amide bonds. The predicted molar refractivity (Wildman–Crippen MR) is 122 cm³/mol. The number of H-pyrrole nitrogens is 1. The summed E-state index contributed by atoms with van der Waals surface area (Å²) in [5.74, 6) is 0. The summed E-state index contributed by atoms with van der Waals surface area (Å²) in [5, 5.41) is 13.4. The fourth-order valence-electron chi connectivity index (χ4n) is 3.85. The molecule has 1 saturated heterocycles. The van der Waals surface area contributed by atoms with E-state index in [1.54, 1.807) is 4.90 Å².